The zero-order valence-electron chi connectivity index (χ0n) is 20.9. The minimum atomic E-state index is -1.12. The monoisotopic (exact) mass is 572 g/mol. The molecule has 0 bridgehead atoms. The van der Waals surface area contributed by atoms with Crippen LogP contribution in [0.1, 0.15) is 23.2 Å². The van der Waals surface area contributed by atoms with Crippen LogP contribution in [0.2, 0.25) is 4.34 Å². The van der Waals surface area contributed by atoms with Crippen LogP contribution in [0, 0.1) is 23.2 Å². The topological polar surface area (TPSA) is 189 Å². The molecule has 5 rings (SSSR count). The molecule has 0 spiro atoms. The number of fused-ring (bicyclic) bond motifs is 2. The molecule has 2 aliphatic carbocycles. The highest BCUT2D eigenvalue weighted by Crippen LogP contribution is 2.69. The van der Waals surface area contributed by atoms with Crippen LogP contribution in [-0.4, -0.2) is 76.8 Å². The van der Waals surface area contributed by atoms with Crippen LogP contribution in [0.4, 0.5) is 5.82 Å². The number of nitrogens with two attached hydrogens (primary N) is 2. The zero-order chi connectivity index (χ0) is 27.9. The van der Waals surface area contributed by atoms with Gasteiger partial charge < -0.3 is 36.1 Å². The van der Waals surface area contributed by atoms with Crippen molar-refractivity contribution in [2.75, 3.05) is 32.5 Å². The lowest BCUT2D eigenvalue weighted by atomic mass is 9.97. The van der Waals surface area contributed by atoms with Crippen molar-refractivity contribution in [1.82, 2.24) is 24.8 Å². The van der Waals surface area contributed by atoms with Crippen LogP contribution in [0.5, 0.6) is 0 Å². The largest absolute Gasteiger partial charge is 0.456 e. The summed E-state index contributed by atoms with van der Waals surface area (Å²) in [5.74, 6) is 4.44. The molecule has 2 fully saturated rings. The number of rotatable bonds is 7. The Kier molecular flexibility index (Phi) is 7.17. The number of aromatic nitrogens is 4. The number of amides is 1. The number of halogens is 1. The van der Waals surface area contributed by atoms with E-state index in [1.54, 1.807) is 23.7 Å². The summed E-state index contributed by atoms with van der Waals surface area (Å²) < 4.78 is 13.7. The van der Waals surface area contributed by atoms with E-state index in [1.165, 1.54) is 24.7 Å². The average molecular weight is 573 g/mol. The van der Waals surface area contributed by atoms with Gasteiger partial charge in [-0.05, 0) is 30.4 Å². The van der Waals surface area contributed by atoms with Crippen LogP contribution >= 0.6 is 22.9 Å². The summed E-state index contributed by atoms with van der Waals surface area (Å²) in [6, 6.07) is 2.89. The fraction of sp³-hybridized carbons (Fsp3) is 0.417. The van der Waals surface area contributed by atoms with Crippen LogP contribution in [-0.2, 0) is 23.9 Å². The molecule has 2 saturated carbocycles. The number of ether oxygens (including phenoxy) is 2. The van der Waals surface area contributed by atoms with E-state index in [0.29, 0.717) is 27.7 Å². The number of hydrogen-bond donors (Lipinski definition) is 4. The quantitative estimate of drug-likeness (QED) is 0.221. The lowest BCUT2D eigenvalue weighted by Gasteiger charge is -2.30. The maximum atomic E-state index is 13.1. The first-order chi connectivity index (χ1) is 18.8. The average Bonchev–Trinajstić information content (AvgIpc) is 3.17. The van der Waals surface area contributed by atoms with E-state index in [9.17, 15) is 14.4 Å². The van der Waals surface area contributed by atoms with Crippen molar-refractivity contribution in [3.05, 3.63) is 33.5 Å². The molecular weight excluding hydrogens is 548 g/mol. The van der Waals surface area contributed by atoms with Crippen LogP contribution < -0.4 is 22.1 Å². The van der Waals surface area contributed by atoms with E-state index in [-0.39, 0.29) is 17.6 Å². The van der Waals surface area contributed by atoms with Gasteiger partial charge in [0.25, 0.3) is 0 Å². The van der Waals surface area contributed by atoms with Gasteiger partial charge in [0.05, 0.1) is 40.1 Å². The smallest absolute Gasteiger partial charge is 0.320 e. The first-order valence-electron chi connectivity index (χ1n) is 12.0. The SMILES string of the molecule is CNC(=O)[C@@]12CC1[C@@H](n1cnc3c(NC)nc(C#Cc4ccc(Cl)s4)nc31)C(OC(=O)CN)C2OC(=O)CN. The minimum absolute atomic E-state index is 0.214. The summed E-state index contributed by atoms with van der Waals surface area (Å²) in [7, 11) is 3.19. The highest BCUT2D eigenvalue weighted by molar-refractivity contribution is 7.16. The van der Waals surface area contributed by atoms with Crippen molar-refractivity contribution in [2.45, 2.75) is 24.7 Å². The molecule has 2 aliphatic rings. The Morgan fingerprint density at radius 1 is 1.18 bits per heavy atom. The summed E-state index contributed by atoms with van der Waals surface area (Å²) in [6.45, 7) is -0.806. The molecule has 5 atom stereocenters. The van der Waals surface area contributed by atoms with Gasteiger partial charge in [0, 0.05) is 20.0 Å². The lowest BCUT2D eigenvalue weighted by Crippen LogP contribution is -2.47. The van der Waals surface area contributed by atoms with Crippen LogP contribution in [0.3, 0.4) is 0 Å². The summed E-state index contributed by atoms with van der Waals surface area (Å²) in [5.41, 5.74) is 10.7. The second kappa shape index (κ2) is 10.4. The number of nitrogens with zero attached hydrogens (tertiary/aromatic N) is 4. The molecule has 0 aliphatic heterocycles. The van der Waals surface area contributed by atoms with Crippen molar-refractivity contribution >= 4 is 57.8 Å². The molecule has 15 heteroatoms. The zero-order valence-corrected chi connectivity index (χ0v) is 22.5. The molecule has 3 aromatic rings. The number of thiophene rings is 1. The molecule has 0 saturated heterocycles. The number of anilines is 1. The van der Waals surface area contributed by atoms with E-state index in [4.69, 9.17) is 32.5 Å². The van der Waals surface area contributed by atoms with Gasteiger partial charge in [0.1, 0.15) is 0 Å². The molecular formula is C24H25ClN8O5S. The third-order valence-corrected chi connectivity index (χ3v) is 8.12. The highest BCUT2D eigenvalue weighted by Gasteiger charge is 2.78. The maximum Gasteiger partial charge on any atom is 0.320 e. The molecule has 3 heterocycles. The molecule has 1 amide bonds. The van der Waals surface area contributed by atoms with Gasteiger partial charge in [0.15, 0.2) is 29.2 Å². The Hall–Kier alpha value is -3.77. The van der Waals surface area contributed by atoms with Crippen molar-refractivity contribution in [2.24, 2.45) is 22.8 Å². The van der Waals surface area contributed by atoms with E-state index in [0.717, 1.165) is 4.88 Å². The Labute approximate surface area is 231 Å². The highest BCUT2D eigenvalue weighted by atomic mass is 35.5. The summed E-state index contributed by atoms with van der Waals surface area (Å²) >= 11 is 7.34. The Balaban J connectivity index is 1.63. The first kappa shape index (κ1) is 26.8. The second-order valence-electron chi connectivity index (χ2n) is 9.02. The van der Waals surface area contributed by atoms with Gasteiger partial charge >= 0.3 is 11.9 Å². The molecule has 3 unspecified atom stereocenters. The second-order valence-corrected chi connectivity index (χ2v) is 10.7. The molecule has 6 N–H and O–H groups in total. The number of hydrogen-bond acceptors (Lipinski definition) is 12. The third-order valence-electron chi connectivity index (χ3n) is 6.97. The van der Waals surface area contributed by atoms with Crippen LogP contribution in [0.15, 0.2) is 18.5 Å². The third kappa shape index (κ3) is 4.57. The van der Waals surface area contributed by atoms with Crippen molar-refractivity contribution < 1.29 is 23.9 Å². The van der Waals surface area contributed by atoms with Gasteiger partial charge in [-0.15, -0.1) is 11.3 Å². The summed E-state index contributed by atoms with van der Waals surface area (Å²) in [4.78, 5) is 52.1. The summed E-state index contributed by atoms with van der Waals surface area (Å²) in [5, 5.41) is 5.65. The van der Waals surface area contributed by atoms with E-state index in [1.807, 2.05) is 0 Å². The Morgan fingerprint density at radius 2 is 1.92 bits per heavy atom. The fourth-order valence-corrected chi connectivity index (χ4v) is 6.19. The minimum Gasteiger partial charge on any atom is -0.456 e. The standard InChI is InChI=1S/C24H25ClN8O5S/c1-28-21-17-22(32-14(31-21)6-4-11-3-5-13(25)39-11)33(10-30-17)18-12-7-24(12,23(36)29-2)20(38-16(35)9-27)19(18)37-15(34)8-26/h3,5,10,12,18-20H,7-9,26-27H2,1-2H3,(H,29,36)(H,28,31,32)/t12?,18-,19?,20?,24+/m1/s1. The molecule has 39 heavy (non-hydrogen) atoms. The van der Waals surface area contributed by atoms with Crippen LogP contribution in [0.25, 0.3) is 11.2 Å². The number of esters is 2. The van der Waals surface area contributed by atoms with E-state index < -0.39 is 48.7 Å². The molecule has 0 aromatic carbocycles. The van der Waals surface area contributed by atoms with Gasteiger partial charge in [-0.3, -0.25) is 14.4 Å². The fourth-order valence-electron chi connectivity index (χ4n) is 5.29. The normalized spacial score (nSPS) is 24.8. The van der Waals surface area contributed by atoms with Gasteiger partial charge in [-0.25, -0.2) is 15.0 Å². The van der Waals surface area contributed by atoms with Gasteiger partial charge in [-0.1, -0.05) is 11.6 Å². The van der Waals surface area contributed by atoms with Gasteiger partial charge in [-0.2, -0.15) is 0 Å². The predicted octanol–water partition coefficient (Wildman–Crippen LogP) is 0.0307. The number of carbonyl (C=O) groups excluding carboxylic acids is 3. The first-order valence-corrected chi connectivity index (χ1v) is 13.2. The predicted molar refractivity (Wildman–Crippen MR) is 142 cm³/mol. The van der Waals surface area contributed by atoms with Crippen molar-refractivity contribution in [1.29, 1.82) is 0 Å². The summed E-state index contributed by atoms with van der Waals surface area (Å²) in [6.07, 6.45) is -0.234. The Bertz CT molecular complexity index is 1530. The Morgan fingerprint density at radius 3 is 2.56 bits per heavy atom. The molecule has 13 nitrogen and oxygen atoms in total. The number of carbonyl (C=O) groups is 3. The molecule has 3 aromatic heterocycles. The maximum absolute atomic E-state index is 13.1. The lowest BCUT2D eigenvalue weighted by molar-refractivity contribution is -0.172. The van der Waals surface area contributed by atoms with Crippen molar-refractivity contribution in [3.8, 4) is 11.8 Å². The molecule has 204 valence electrons. The van der Waals surface area contributed by atoms with E-state index in [2.05, 4.69) is 37.4 Å². The molecule has 0 radical (unpaired) electrons. The van der Waals surface area contributed by atoms with Gasteiger partial charge in [0.2, 0.25) is 11.7 Å². The van der Waals surface area contributed by atoms with Crippen molar-refractivity contribution in [3.63, 3.8) is 0 Å². The van der Waals surface area contributed by atoms with E-state index >= 15 is 0 Å². The number of imidazole rings is 1. The number of nitrogens with one attached hydrogen (secondary N) is 2.